The number of aromatic nitrogens is 3. The van der Waals surface area contributed by atoms with Gasteiger partial charge in [-0.2, -0.15) is 0 Å². The predicted molar refractivity (Wildman–Crippen MR) is 62.6 cm³/mol. The molecule has 4 heteroatoms. The minimum Gasteiger partial charge on any atom is -0.317 e. The molecule has 3 rings (SSSR count). The first-order valence-electron chi connectivity index (χ1n) is 5.87. The Kier molecular flexibility index (Phi) is 2.36. The number of piperidine rings is 1. The van der Waals surface area contributed by atoms with E-state index in [1.165, 1.54) is 18.5 Å². The highest BCUT2D eigenvalue weighted by atomic mass is 15.2. The fraction of sp³-hybridized carbons (Fsp3) is 0.500. The molecule has 16 heavy (non-hydrogen) atoms. The van der Waals surface area contributed by atoms with Crippen LogP contribution in [0.4, 0.5) is 0 Å². The molecule has 2 aromatic rings. The Balaban J connectivity index is 2.10. The zero-order chi connectivity index (χ0) is 11.0. The van der Waals surface area contributed by atoms with Gasteiger partial charge in [-0.25, -0.2) is 0 Å². The summed E-state index contributed by atoms with van der Waals surface area (Å²) >= 11 is 0. The Morgan fingerprint density at radius 3 is 2.88 bits per heavy atom. The van der Waals surface area contributed by atoms with E-state index in [0.717, 1.165) is 24.6 Å². The molecular formula is C12H16N4. The Bertz CT molecular complexity index is 497. The third-order valence-electron chi connectivity index (χ3n) is 3.38. The maximum atomic E-state index is 4.17. The van der Waals surface area contributed by atoms with Gasteiger partial charge in [-0.3, -0.25) is 4.40 Å². The highest BCUT2D eigenvalue weighted by molar-refractivity contribution is 5.40. The summed E-state index contributed by atoms with van der Waals surface area (Å²) in [6, 6.07) is 6.31. The molecule has 0 aliphatic carbocycles. The van der Waals surface area contributed by atoms with Crippen molar-refractivity contribution in [3.63, 3.8) is 0 Å². The van der Waals surface area contributed by atoms with Crippen LogP contribution in [0.2, 0.25) is 0 Å². The lowest BCUT2D eigenvalue weighted by Crippen LogP contribution is -2.27. The van der Waals surface area contributed by atoms with Gasteiger partial charge in [-0.1, -0.05) is 6.07 Å². The molecule has 1 aliphatic rings. The maximum absolute atomic E-state index is 4.17. The van der Waals surface area contributed by atoms with Crippen LogP contribution < -0.4 is 5.32 Å². The Hall–Kier alpha value is -1.42. The largest absolute Gasteiger partial charge is 0.317 e. The first-order valence-corrected chi connectivity index (χ1v) is 5.87. The van der Waals surface area contributed by atoms with Crippen molar-refractivity contribution in [2.45, 2.75) is 25.7 Å². The minimum atomic E-state index is 0.639. The van der Waals surface area contributed by atoms with Crippen molar-refractivity contribution in [2.75, 3.05) is 13.1 Å². The number of hydrogen-bond donors (Lipinski definition) is 1. The van der Waals surface area contributed by atoms with Gasteiger partial charge < -0.3 is 5.32 Å². The fourth-order valence-electron chi connectivity index (χ4n) is 2.55. The van der Waals surface area contributed by atoms with Crippen molar-refractivity contribution in [3.8, 4) is 0 Å². The van der Waals surface area contributed by atoms with Crippen LogP contribution in [0.5, 0.6) is 0 Å². The number of nitrogens with one attached hydrogen (secondary N) is 1. The standard InChI is InChI=1S/C12H16N4/c1-9-14-15-12-4-2-3-11(16(9)12)10-5-7-13-8-6-10/h2-4,10,13H,5-8H2,1H3. The lowest BCUT2D eigenvalue weighted by molar-refractivity contribution is 0.450. The minimum absolute atomic E-state index is 0.639. The van der Waals surface area contributed by atoms with Crippen molar-refractivity contribution < 1.29 is 0 Å². The van der Waals surface area contributed by atoms with E-state index in [4.69, 9.17) is 0 Å². The quantitative estimate of drug-likeness (QED) is 0.785. The van der Waals surface area contributed by atoms with Crippen molar-refractivity contribution in [3.05, 3.63) is 29.7 Å². The molecule has 1 aliphatic heterocycles. The van der Waals surface area contributed by atoms with E-state index in [-0.39, 0.29) is 0 Å². The number of pyridine rings is 1. The molecule has 1 N–H and O–H groups in total. The molecule has 0 aromatic carbocycles. The molecule has 0 bridgehead atoms. The van der Waals surface area contributed by atoms with Crippen molar-refractivity contribution in [1.29, 1.82) is 0 Å². The van der Waals surface area contributed by atoms with Crippen LogP contribution in [0, 0.1) is 6.92 Å². The summed E-state index contributed by atoms with van der Waals surface area (Å²) in [5, 5.41) is 11.7. The maximum Gasteiger partial charge on any atom is 0.160 e. The van der Waals surface area contributed by atoms with E-state index in [2.05, 4.69) is 32.0 Å². The zero-order valence-electron chi connectivity index (χ0n) is 9.48. The van der Waals surface area contributed by atoms with Gasteiger partial charge in [0.1, 0.15) is 5.82 Å². The molecule has 1 saturated heterocycles. The molecule has 0 spiro atoms. The molecule has 3 heterocycles. The summed E-state index contributed by atoms with van der Waals surface area (Å²) in [6.45, 7) is 4.25. The molecule has 84 valence electrons. The van der Waals surface area contributed by atoms with Gasteiger partial charge in [0, 0.05) is 11.6 Å². The second kappa shape index (κ2) is 3.87. The van der Waals surface area contributed by atoms with Gasteiger partial charge in [0.05, 0.1) is 0 Å². The third kappa shape index (κ3) is 1.50. The van der Waals surface area contributed by atoms with Gasteiger partial charge in [-0.15, -0.1) is 10.2 Å². The fourth-order valence-corrected chi connectivity index (χ4v) is 2.55. The van der Waals surface area contributed by atoms with Crippen LogP contribution in [0.1, 0.15) is 30.3 Å². The summed E-state index contributed by atoms with van der Waals surface area (Å²) in [5.41, 5.74) is 2.33. The number of hydrogen-bond acceptors (Lipinski definition) is 3. The van der Waals surface area contributed by atoms with Gasteiger partial charge >= 0.3 is 0 Å². The van der Waals surface area contributed by atoms with E-state index in [0.29, 0.717) is 5.92 Å². The predicted octanol–water partition coefficient (Wildman–Crippen LogP) is 1.50. The lowest BCUT2D eigenvalue weighted by atomic mass is 9.94. The van der Waals surface area contributed by atoms with Crippen LogP contribution in [-0.2, 0) is 0 Å². The smallest absolute Gasteiger partial charge is 0.160 e. The molecule has 0 radical (unpaired) electrons. The van der Waals surface area contributed by atoms with Gasteiger partial charge in [-0.05, 0) is 45.0 Å². The molecule has 0 saturated carbocycles. The van der Waals surface area contributed by atoms with Gasteiger partial charge in [0.2, 0.25) is 0 Å². The molecule has 2 aromatic heterocycles. The normalized spacial score (nSPS) is 18.1. The lowest BCUT2D eigenvalue weighted by Gasteiger charge is -2.23. The van der Waals surface area contributed by atoms with E-state index in [1.54, 1.807) is 0 Å². The number of rotatable bonds is 1. The van der Waals surface area contributed by atoms with Gasteiger partial charge in [0.15, 0.2) is 5.65 Å². The summed E-state index contributed by atoms with van der Waals surface area (Å²) in [6.07, 6.45) is 2.41. The second-order valence-electron chi connectivity index (χ2n) is 4.42. The van der Waals surface area contributed by atoms with Crippen LogP contribution in [-0.4, -0.2) is 27.7 Å². The summed E-state index contributed by atoms with van der Waals surface area (Å²) in [7, 11) is 0. The Morgan fingerprint density at radius 1 is 1.25 bits per heavy atom. The summed E-state index contributed by atoms with van der Waals surface area (Å²) < 4.78 is 2.19. The molecule has 0 atom stereocenters. The molecule has 0 amide bonds. The van der Waals surface area contributed by atoms with Crippen LogP contribution in [0.15, 0.2) is 18.2 Å². The first-order chi connectivity index (χ1) is 7.86. The summed E-state index contributed by atoms with van der Waals surface area (Å²) in [4.78, 5) is 0. The van der Waals surface area contributed by atoms with E-state index >= 15 is 0 Å². The molecule has 4 nitrogen and oxygen atoms in total. The number of fused-ring (bicyclic) bond motifs is 1. The van der Waals surface area contributed by atoms with Crippen LogP contribution in [0.25, 0.3) is 5.65 Å². The molecular weight excluding hydrogens is 200 g/mol. The van der Waals surface area contributed by atoms with E-state index in [9.17, 15) is 0 Å². The second-order valence-corrected chi connectivity index (χ2v) is 4.42. The Morgan fingerprint density at radius 2 is 2.06 bits per heavy atom. The van der Waals surface area contributed by atoms with Crippen molar-refractivity contribution >= 4 is 5.65 Å². The molecule has 1 fully saturated rings. The van der Waals surface area contributed by atoms with Crippen molar-refractivity contribution in [2.24, 2.45) is 0 Å². The highest BCUT2D eigenvalue weighted by Gasteiger charge is 2.18. The van der Waals surface area contributed by atoms with Crippen LogP contribution in [0.3, 0.4) is 0 Å². The topological polar surface area (TPSA) is 42.2 Å². The third-order valence-corrected chi connectivity index (χ3v) is 3.38. The van der Waals surface area contributed by atoms with Gasteiger partial charge in [0.25, 0.3) is 0 Å². The average Bonchev–Trinajstić information content (AvgIpc) is 2.73. The highest BCUT2D eigenvalue weighted by Crippen LogP contribution is 2.25. The average molecular weight is 216 g/mol. The summed E-state index contributed by atoms with van der Waals surface area (Å²) in [5.74, 6) is 1.63. The van der Waals surface area contributed by atoms with E-state index in [1.807, 2.05) is 13.0 Å². The van der Waals surface area contributed by atoms with Crippen LogP contribution >= 0.6 is 0 Å². The molecule has 0 unspecified atom stereocenters. The Labute approximate surface area is 94.7 Å². The monoisotopic (exact) mass is 216 g/mol. The number of aryl methyl sites for hydroxylation is 1. The first kappa shape index (κ1) is 9.78. The van der Waals surface area contributed by atoms with Crippen molar-refractivity contribution in [1.82, 2.24) is 19.9 Å². The zero-order valence-corrected chi connectivity index (χ0v) is 9.48. The van der Waals surface area contributed by atoms with E-state index < -0.39 is 0 Å². The number of nitrogens with zero attached hydrogens (tertiary/aromatic N) is 3. The SMILES string of the molecule is Cc1nnc2cccc(C3CCNCC3)n12.